The summed E-state index contributed by atoms with van der Waals surface area (Å²) in [5, 5.41) is 15.6. The Morgan fingerprint density at radius 3 is 2.64 bits per heavy atom. The van der Waals surface area contributed by atoms with Crippen LogP contribution in [0.1, 0.15) is 17.4 Å². The molecule has 0 unspecified atom stereocenters. The van der Waals surface area contributed by atoms with E-state index in [2.05, 4.69) is 10.2 Å². The van der Waals surface area contributed by atoms with Crippen LogP contribution in [0.2, 0.25) is 5.15 Å². The summed E-state index contributed by atoms with van der Waals surface area (Å²) in [4.78, 5) is 11.6. The highest BCUT2D eigenvalue weighted by atomic mass is 35.5. The summed E-state index contributed by atoms with van der Waals surface area (Å²) in [6.07, 6.45) is 0. The first-order valence-electron chi connectivity index (χ1n) is 2.99. The zero-order valence-electron chi connectivity index (χ0n) is 5.78. The highest BCUT2D eigenvalue weighted by Crippen LogP contribution is 2.08. The van der Waals surface area contributed by atoms with E-state index in [9.17, 15) is 4.79 Å². The van der Waals surface area contributed by atoms with E-state index in [-0.39, 0.29) is 10.8 Å². The molecule has 0 saturated carbocycles. The van der Waals surface area contributed by atoms with Crippen LogP contribution in [0.4, 0.5) is 0 Å². The van der Waals surface area contributed by atoms with Crippen LogP contribution >= 0.6 is 11.6 Å². The smallest absolute Gasteiger partial charge is 0.359 e. The number of halogens is 1. The molecule has 1 aromatic rings. The van der Waals surface area contributed by atoms with Gasteiger partial charge in [0, 0.05) is 0 Å². The molecule has 0 aliphatic carbocycles. The van der Waals surface area contributed by atoms with E-state index < -0.39 is 5.97 Å². The van der Waals surface area contributed by atoms with E-state index in [0.29, 0.717) is 6.54 Å². The van der Waals surface area contributed by atoms with E-state index in [4.69, 9.17) is 16.7 Å². The second kappa shape index (κ2) is 2.87. The van der Waals surface area contributed by atoms with Gasteiger partial charge in [0.25, 0.3) is 0 Å². The number of carboxylic acid groups (broad SMARTS) is 1. The molecule has 1 heterocycles. The van der Waals surface area contributed by atoms with E-state index in [0.717, 1.165) is 0 Å². The molecule has 1 aromatic heterocycles. The molecule has 0 atom stereocenters. The number of carbonyl (C=O) groups is 1. The second-order valence-corrected chi connectivity index (χ2v) is 2.19. The standard InChI is InChI=1S/C5H6ClN3O2/c1-2-9-7-3(5(10)11)4(6)8-9/h2H2,1H3,(H,10,11). The van der Waals surface area contributed by atoms with E-state index in [1.807, 2.05) is 0 Å². The maximum absolute atomic E-state index is 10.4. The fourth-order valence-electron chi connectivity index (χ4n) is 0.600. The first kappa shape index (κ1) is 8.00. The van der Waals surface area contributed by atoms with Crippen molar-refractivity contribution in [1.82, 2.24) is 15.0 Å². The van der Waals surface area contributed by atoms with Crippen LogP contribution in [0.15, 0.2) is 0 Å². The Labute approximate surface area is 67.6 Å². The van der Waals surface area contributed by atoms with Crippen LogP contribution in [0.25, 0.3) is 0 Å². The van der Waals surface area contributed by atoms with Crippen molar-refractivity contribution in [1.29, 1.82) is 0 Å². The minimum atomic E-state index is -1.16. The summed E-state index contributed by atoms with van der Waals surface area (Å²) in [6, 6.07) is 0. The summed E-state index contributed by atoms with van der Waals surface area (Å²) in [5.41, 5.74) is -0.200. The monoisotopic (exact) mass is 175 g/mol. The topological polar surface area (TPSA) is 68.0 Å². The lowest BCUT2D eigenvalue weighted by Gasteiger charge is -1.86. The van der Waals surface area contributed by atoms with Crippen LogP contribution < -0.4 is 0 Å². The van der Waals surface area contributed by atoms with Crippen molar-refractivity contribution < 1.29 is 9.90 Å². The Morgan fingerprint density at radius 2 is 2.36 bits per heavy atom. The molecule has 11 heavy (non-hydrogen) atoms. The molecule has 0 aromatic carbocycles. The zero-order chi connectivity index (χ0) is 8.43. The van der Waals surface area contributed by atoms with Gasteiger partial charge in [0.2, 0.25) is 5.69 Å². The largest absolute Gasteiger partial charge is 0.476 e. The van der Waals surface area contributed by atoms with Crippen LogP contribution in [0, 0.1) is 0 Å². The van der Waals surface area contributed by atoms with Crippen molar-refractivity contribution >= 4 is 17.6 Å². The highest BCUT2D eigenvalue weighted by molar-refractivity contribution is 6.31. The van der Waals surface area contributed by atoms with Gasteiger partial charge >= 0.3 is 5.97 Å². The molecule has 5 nitrogen and oxygen atoms in total. The SMILES string of the molecule is CCn1nc(Cl)c(C(=O)O)n1. The van der Waals surface area contributed by atoms with E-state index >= 15 is 0 Å². The molecule has 0 spiro atoms. The third kappa shape index (κ3) is 1.48. The number of aryl methyl sites for hydroxylation is 1. The van der Waals surface area contributed by atoms with E-state index in [1.54, 1.807) is 6.92 Å². The summed E-state index contributed by atoms with van der Waals surface area (Å²) in [6.45, 7) is 2.30. The minimum absolute atomic E-state index is 0.0700. The quantitative estimate of drug-likeness (QED) is 0.717. The lowest BCUT2D eigenvalue weighted by atomic mass is 10.5. The maximum Gasteiger partial charge on any atom is 0.359 e. The van der Waals surface area contributed by atoms with Gasteiger partial charge in [-0.25, -0.2) is 4.79 Å². The van der Waals surface area contributed by atoms with Crippen molar-refractivity contribution in [2.45, 2.75) is 13.5 Å². The van der Waals surface area contributed by atoms with Gasteiger partial charge in [-0.3, -0.25) is 0 Å². The minimum Gasteiger partial charge on any atom is -0.476 e. The summed E-state index contributed by atoms with van der Waals surface area (Å²) in [7, 11) is 0. The first-order valence-corrected chi connectivity index (χ1v) is 3.37. The van der Waals surface area contributed by atoms with Crippen LogP contribution in [0.5, 0.6) is 0 Å². The molecule has 1 rings (SSSR count). The molecule has 0 radical (unpaired) electrons. The molecule has 0 fully saturated rings. The van der Waals surface area contributed by atoms with Crippen molar-refractivity contribution in [3.05, 3.63) is 10.8 Å². The van der Waals surface area contributed by atoms with Gasteiger partial charge in [-0.1, -0.05) is 11.6 Å². The average Bonchev–Trinajstić information content (AvgIpc) is 2.30. The fourth-order valence-corrected chi connectivity index (χ4v) is 0.806. The van der Waals surface area contributed by atoms with Crippen molar-refractivity contribution in [3.8, 4) is 0 Å². The average molecular weight is 176 g/mol. The van der Waals surface area contributed by atoms with Crippen LogP contribution in [0.3, 0.4) is 0 Å². The number of nitrogens with zero attached hydrogens (tertiary/aromatic N) is 3. The Bertz CT molecular complexity index is 283. The lowest BCUT2D eigenvalue weighted by Crippen LogP contribution is -2.02. The molecule has 0 amide bonds. The third-order valence-electron chi connectivity index (χ3n) is 1.10. The van der Waals surface area contributed by atoms with Gasteiger partial charge in [0.05, 0.1) is 6.54 Å². The number of carboxylic acids is 1. The molecule has 60 valence electrons. The lowest BCUT2D eigenvalue weighted by molar-refractivity contribution is 0.0689. The Hall–Kier alpha value is -1.10. The Morgan fingerprint density at radius 1 is 1.73 bits per heavy atom. The fraction of sp³-hybridized carbons (Fsp3) is 0.400. The molecule has 6 heteroatoms. The number of hydrogen-bond acceptors (Lipinski definition) is 3. The normalized spacial score (nSPS) is 10.0. The molecule has 0 bridgehead atoms. The summed E-state index contributed by atoms with van der Waals surface area (Å²) < 4.78 is 0. The van der Waals surface area contributed by atoms with Gasteiger partial charge in [-0.15, -0.1) is 10.2 Å². The van der Waals surface area contributed by atoms with Crippen molar-refractivity contribution in [3.63, 3.8) is 0 Å². The van der Waals surface area contributed by atoms with Gasteiger partial charge in [-0.2, -0.15) is 4.80 Å². The summed E-state index contributed by atoms with van der Waals surface area (Å²) in [5.74, 6) is -1.16. The van der Waals surface area contributed by atoms with Crippen LogP contribution in [-0.2, 0) is 6.54 Å². The molecule has 0 aliphatic rings. The van der Waals surface area contributed by atoms with Gasteiger partial charge in [0.15, 0.2) is 5.15 Å². The molecular formula is C5H6ClN3O2. The Kier molecular flexibility index (Phi) is 2.09. The van der Waals surface area contributed by atoms with Gasteiger partial charge in [-0.05, 0) is 6.92 Å². The van der Waals surface area contributed by atoms with Gasteiger partial charge < -0.3 is 5.11 Å². The van der Waals surface area contributed by atoms with Crippen molar-refractivity contribution in [2.75, 3.05) is 0 Å². The molecule has 1 N–H and O–H groups in total. The molecule has 0 saturated heterocycles. The van der Waals surface area contributed by atoms with E-state index in [1.165, 1.54) is 4.80 Å². The van der Waals surface area contributed by atoms with Gasteiger partial charge in [0.1, 0.15) is 0 Å². The molecule has 0 aliphatic heterocycles. The van der Waals surface area contributed by atoms with Crippen LogP contribution in [-0.4, -0.2) is 26.1 Å². The van der Waals surface area contributed by atoms with Crippen molar-refractivity contribution in [2.24, 2.45) is 0 Å². The first-order chi connectivity index (χ1) is 5.15. The maximum atomic E-state index is 10.4. The predicted octanol–water partition coefficient (Wildman–Crippen LogP) is 0.650. The number of rotatable bonds is 2. The third-order valence-corrected chi connectivity index (χ3v) is 1.35. The summed E-state index contributed by atoms with van der Waals surface area (Å²) >= 11 is 5.44. The number of hydrogen-bond donors (Lipinski definition) is 1. The predicted molar refractivity (Wildman–Crippen MR) is 37.7 cm³/mol. The highest BCUT2D eigenvalue weighted by Gasteiger charge is 2.14. The second-order valence-electron chi connectivity index (χ2n) is 1.83. The Balaban J connectivity index is 3.07. The molecular weight excluding hydrogens is 170 g/mol. The number of aromatic nitrogens is 3. The zero-order valence-corrected chi connectivity index (χ0v) is 6.54. The number of aromatic carboxylic acids is 1.